The van der Waals surface area contributed by atoms with E-state index in [1.807, 2.05) is 0 Å². The number of rotatable bonds is 55. The predicted octanol–water partition coefficient (Wildman–Crippen LogP) is 20.0. The van der Waals surface area contributed by atoms with E-state index in [2.05, 4.69) is 34.6 Å². The summed E-state index contributed by atoms with van der Waals surface area (Å²) in [5, 5.41) is 0. The Hall–Kier alpha value is -1.59. The summed E-state index contributed by atoms with van der Waals surface area (Å²) in [4.78, 5) is 38.2. The molecule has 6 heteroatoms. The highest BCUT2D eigenvalue weighted by Gasteiger charge is 2.19. The van der Waals surface area contributed by atoms with Crippen LogP contribution in [-0.4, -0.2) is 37.2 Å². The van der Waals surface area contributed by atoms with Gasteiger partial charge in [0.15, 0.2) is 6.10 Å². The Morgan fingerprint density at radius 3 is 0.776 bits per heavy atom. The minimum atomic E-state index is -0.763. The molecule has 0 spiro atoms. The third-order valence-corrected chi connectivity index (χ3v) is 14.7. The van der Waals surface area contributed by atoms with Crippen LogP contribution in [0.5, 0.6) is 0 Å². The summed E-state index contributed by atoms with van der Waals surface area (Å²) in [6.45, 7) is 11.5. The molecule has 6 nitrogen and oxygen atoms in total. The van der Waals surface area contributed by atoms with Crippen molar-refractivity contribution >= 4 is 17.9 Å². The number of hydrogen-bond acceptors (Lipinski definition) is 6. The lowest BCUT2D eigenvalue weighted by atomic mass is 9.99. The van der Waals surface area contributed by atoms with Crippen LogP contribution >= 0.6 is 0 Å². The normalized spacial score (nSPS) is 12.9. The molecule has 67 heavy (non-hydrogen) atoms. The zero-order chi connectivity index (χ0) is 48.9. The van der Waals surface area contributed by atoms with Crippen molar-refractivity contribution in [2.75, 3.05) is 13.2 Å². The van der Waals surface area contributed by atoms with Gasteiger partial charge in [0.2, 0.25) is 0 Å². The maximum absolute atomic E-state index is 12.9. The van der Waals surface area contributed by atoms with Crippen LogP contribution in [0.3, 0.4) is 0 Å². The Bertz CT molecular complexity index is 1030. The maximum Gasteiger partial charge on any atom is 0.306 e. The van der Waals surface area contributed by atoms with Gasteiger partial charge in [-0.1, -0.05) is 304 Å². The Morgan fingerprint density at radius 2 is 0.522 bits per heavy atom. The fourth-order valence-electron chi connectivity index (χ4n) is 9.34. The Balaban J connectivity index is 4.27. The van der Waals surface area contributed by atoms with E-state index < -0.39 is 6.10 Å². The van der Waals surface area contributed by atoms with Gasteiger partial charge in [-0.15, -0.1) is 0 Å². The maximum atomic E-state index is 12.9. The van der Waals surface area contributed by atoms with E-state index in [-0.39, 0.29) is 31.1 Å². The molecule has 0 fully saturated rings. The molecule has 398 valence electrons. The molecule has 0 saturated heterocycles. The van der Waals surface area contributed by atoms with E-state index in [0.717, 1.165) is 69.6 Å². The highest BCUT2D eigenvalue weighted by atomic mass is 16.6. The van der Waals surface area contributed by atoms with Gasteiger partial charge in [0.25, 0.3) is 0 Å². The van der Waals surface area contributed by atoms with Gasteiger partial charge in [-0.3, -0.25) is 14.4 Å². The van der Waals surface area contributed by atoms with Crippen LogP contribution < -0.4 is 0 Å². The van der Waals surface area contributed by atoms with Gasteiger partial charge in [-0.25, -0.2) is 0 Å². The second kappa shape index (κ2) is 53.8. The second-order valence-electron chi connectivity index (χ2n) is 21.5. The zero-order valence-electron chi connectivity index (χ0n) is 46.0. The van der Waals surface area contributed by atoms with Gasteiger partial charge < -0.3 is 14.2 Å². The molecule has 0 aromatic heterocycles. The molecule has 0 heterocycles. The highest BCUT2D eigenvalue weighted by molar-refractivity contribution is 5.71. The van der Waals surface area contributed by atoms with E-state index in [4.69, 9.17) is 14.2 Å². The van der Waals surface area contributed by atoms with Crippen molar-refractivity contribution in [2.24, 2.45) is 11.8 Å². The minimum Gasteiger partial charge on any atom is -0.462 e. The molecule has 0 radical (unpaired) electrons. The zero-order valence-corrected chi connectivity index (χ0v) is 46.0. The lowest BCUT2D eigenvalue weighted by Gasteiger charge is -2.18. The monoisotopic (exact) mass is 947 g/mol. The quantitative estimate of drug-likeness (QED) is 0.0343. The molecule has 0 saturated carbocycles. The summed E-state index contributed by atoms with van der Waals surface area (Å²) < 4.78 is 16.9. The first kappa shape index (κ1) is 65.4. The van der Waals surface area contributed by atoms with E-state index >= 15 is 0 Å². The largest absolute Gasteiger partial charge is 0.462 e. The van der Waals surface area contributed by atoms with Crippen molar-refractivity contribution in [3.8, 4) is 0 Å². The molecule has 0 N–H and O–H groups in total. The summed E-state index contributed by atoms with van der Waals surface area (Å²) in [6.07, 6.45) is 58.0. The SMILES string of the molecule is CCCCCCCCCCCCCCCCCCCCCC(=O)O[C@H](COC(=O)CCCCCCCCCCCCCCCCC(C)CC)COC(=O)CCCCCCCCCCC(C)CC. The number of unbranched alkanes of at least 4 members (excludes halogenated alkanes) is 38. The number of carbonyl (C=O) groups is 3. The molecule has 2 unspecified atom stereocenters. The van der Waals surface area contributed by atoms with E-state index in [9.17, 15) is 14.4 Å². The van der Waals surface area contributed by atoms with Crippen molar-refractivity contribution in [2.45, 2.75) is 349 Å². The number of esters is 3. The molecule has 0 aliphatic rings. The minimum absolute atomic E-state index is 0.0629. The average Bonchev–Trinajstić information content (AvgIpc) is 3.33. The third kappa shape index (κ3) is 52.1. The topological polar surface area (TPSA) is 78.9 Å². The van der Waals surface area contributed by atoms with Gasteiger partial charge in [-0.2, -0.15) is 0 Å². The van der Waals surface area contributed by atoms with Gasteiger partial charge >= 0.3 is 17.9 Å². The second-order valence-corrected chi connectivity index (χ2v) is 21.5. The fourth-order valence-corrected chi connectivity index (χ4v) is 9.34. The molecule has 0 aliphatic carbocycles. The number of ether oxygens (including phenoxy) is 3. The number of carbonyl (C=O) groups excluding carboxylic acids is 3. The summed E-state index contributed by atoms with van der Waals surface area (Å²) in [6, 6.07) is 0. The molecule has 0 amide bonds. The van der Waals surface area contributed by atoms with Crippen molar-refractivity contribution in [3.05, 3.63) is 0 Å². The van der Waals surface area contributed by atoms with Crippen molar-refractivity contribution in [1.82, 2.24) is 0 Å². The Morgan fingerprint density at radius 1 is 0.299 bits per heavy atom. The molecule has 0 rings (SSSR count). The van der Waals surface area contributed by atoms with E-state index in [1.165, 1.54) is 231 Å². The summed E-state index contributed by atoms with van der Waals surface area (Å²) >= 11 is 0. The fraction of sp³-hybridized carbons (Fsp3) is 0.951. The van der Waals surface area contributed by atoms with Crippen LogP contribution in [0.4, 0.5) is 0 Å². The highest BCUT2D eigenvalue weighted by Crippen LogP contribution is 2.19. The third-order valence-electron chi connectivity index (χ3n) is 14.7. The van der Waals surface area contributed by atoms with Crippen LogP contribution in [0, 0.1) is 11.8 Å². The van der Waals surface area contributed by atoms with Crippen LogP contribution in [0.1, 0.15) is 343 Å². The first-order chi connectivity index (χ1) is 32.8. The van der Waals surface area contributed by atoms with Crippen LogP contribution in [0.15, 0.2) is 0 Å². The van der Waals surface area contributed by atoms with Crippen LogP contribution in [0.25, 0.3) is 0 Å². The molecule has 0 aliphatic heterocycles. The summed E-state index contributed by atoms with van der Waals surface area (Å²) in [5.74, 6) is 0.905. The average molecular weight is 948 g/mol. The van der Waals surface area contributed by atoms with E-state index in [0.29, 0.717) is 19.3 Å². The van der Waals surface area contributed by atoms with Gasteiger partial charge in [0, 0.05) is 19.3 Å². The van der Waals surface area contributed by atoms with Crippen LogP contribution in [-0.2, 0) is 28.6 Å². The first-order valence-electron chi connectivity index (χ1n) is 30.3. The molecule has 3 atom stereocenters. The Kier molecular flexibility index (Phi) is 52.5. The summed E-state index contributed by atoms with van der Waals surface area (Å²) in [7, 11) is 0. The smallest absolute Gasteiger partial charge is 0.306 e. The molecule has 0 aromatic carbocycles. The molecular weight excluding hydrogens is 829 g/mol. The number of hydrogen-bond donors (Lipinski definition) is 0. The molecule has 0 aromatic rings. The Labute approximate surface area is 418 Å². The predicted molar refractivity (Wildman–Crippen MR) is 289 cm³/mol. The first-order valence-corrected chi connectivity index (χ1v) is 30.3. The van der Waals surface area contributed by atoms with Gasteiger partial charge in [-0.05, 0) is 31.1 Å². The molecule has 0 bridgehead atoms. The van der Waals surface area contributed by atoms with Crippen molar-refractivity contribution in [3.63, 3.8) is 0 Å². The van der Waals surface area contributed by atoms with E-state index in [1.54, 1.807) is 0 Å². The van der Waals surface area contributed by atoms with Crippen molar-refractivity contribution < 1.29 is 28.6 Å². The van der Waals surface area contributed by atoms with Crippen LogP contribution in [0.2, 0.25) is 0 Å². The lowest BCUT2D eigenvalue weighted by Crippen LogP contribution is -2.30. The summed E-state index contributed by atoms with van der Waals surface area (Å²) in [5.41, 5.74) is 0. The standard InChI is InChI=1S/C61H118O6/c1-6-9-10-11-12-13-14-15-16-17-18-19-20-25-28-31-38-43-48-53-61(64)67-58(55-66-60(63)52-47-42-37-33-32-35-40-45-50-57(5)8-3)54-65-59(62)51-46-41-36-30-27-24-22-21-23-26-29-34-39-44-49-56(4)7-2/h56-58H,6-55H2,1-5H3/t56?,57?,58-/m1/s1. The van der Waals surface area contributed by atoms with Crippen molar-refractivity contribution in [1.29, 1.82) is 0 Å². The van der Waals surface area contributed by atoms with Gasteiger partial charge in [0.05, 0.1) is 0 Å². The lowest BCUT2D eigenvalue weighted by molar-refractivity contribution is -0.167. The van der Waals surface area contributed by atoms with Gasteiger partial charge in [0.1, 0.15) is 13.2 Å². The molecular formula is C61H118O6.